The Labute approximate surface area is 199 Å². The van der Waals surface area contributed by atoms with Crippen molar-refractivity contribution in [3.05, 3.63) is 72.5 Å². The molecule has 0 amide bonds. The predicted octanol–water partition coefficient (Wildman–Crippen LogP) is 4.05. The number of aromatic nitrogens is 3. The van der Waals surface area contributed by atoms with Gasteiger partial charge in [-0.1, -0.05) is 29.6 Å². The molecule has 1 aliphatic rings. The van der Waals surface area contributed by atoms with E-state index in [1.54, 1.807) is 0 Å². The van der Waals surface area contributed by atoms with Crippen LogP contribution < -0.4 is 11.2 Å². The maximum absolute atomic E-state index is 13.3. The van der Waals surface area contributed by atoms with E-state index >= 15 is 0 Å². The average molecular weight is 536 g/mol. The van der Waals surface area contributed by atoms with Gasteiger partial charge in [0, 0.05) is 0 Å². The van der Waals surface area contributed by atoms with E-state index in [0.717, 1.165) is 31.4 Å². The highest BCUT2D eigenvalue weighted by atomic mass is 35.5. The molecular weight excluding hydrogens is 522 g/mol. The third-order valence-corrected chi connectivity index (χ3v) is 8.12. The quantitative estimate of drug-likeness (QED) is 0.519. The summed E-state index contributed by atoms with van der Waals surface area (Å²) in [7, 11) is -4.33. The second-order valence-electron chi connectivity index (χ2n) is 7.61. The maximum Gasteiger partial charge on any atom is 0.440 e. The summed E-state index contributed by atoms with van der Waals surface area (Å²) in [6.45, 7) is 0. The van der Waals surface area contributed by atoms with Crippen LogP contribution in [-0.2, 0) is 16.0 Å². The molecule has 8 nitrogen and oxygen atoms in total. The summed E-state index contributed by atoms with van der Waals surface area (Å²) in [5, 5.41) is 12.2. The number of alkyl halides is 3. The Kier molecular flexibility index (Phi) is 6.03. The summed E-state index contributed by atoms with van der Waals surface area (Å²) in [4.78, 5) is 24.3. The number of nitrogens with one attached hydrogen (secondary N) is 1. The smallest absolute Gasteiger partial charge is 0.440 e. The second-order valence-corrected chi connectivity index (χ2v) is 10.3. The largest absolute Gasteiger partial charge is 0.508 e. The number of hydrogen-bond donors (Lipinski definition) is 2. The highest BCUT2D eigenvalue weighted by Crippen LogP contribution is 2.43. The van der Waals surface area contributed by atoms with Crippen LogP contribution in [0.25, 0.3) is 5.69 Å². The van der Waals surface area contributed by atoms with Crippen LogP contribution in [0, 0.1) is 0 Å². The summed E-state index contributed by atoms with van der Waals surface area (Å²) in [5.74, 6) is -0.0235. The summed E-state index contributed by atoms with van der Waals surface area (Å²) >= 11 is 12.3. The third kappa shape index (κ3) is 4.21. The van der Waals surface area contributed by atoms with Crippen molar-refractivity contribution >= 4 is 33.0 Å². The fourth-order valence-corrected chi connectivity index (χ4v) is 6.03. The molecular formula is C20H14Cl2F3N3O5S. The molecule has 1 fully saturated rings. The van der Waals surface area contributed by atoms with Crippen LogP contribution in [0.15, 0.2) is 49.7 Å². The zero-order chi connectivity index (χ0) is 25.0. The second kappa shape index (κ2) is 8.43. The maximum atomic E-state index is 13.3. The Hall–Kier alpha value is -2.83. The van der Waals surface area contributed by atoms with E-state index in [1.807, 2.05) is 0 Å². The molecule has 3 aromatic rings. The molecule has 1 aromatic heterocycles. The molecule has 0 aliphatic heterocycles. The topological polar surface area (TPSA) is 122 Å². The number of halogens is 5. The number of hydrogen-bond acceptors (Lipinski definition) is 6. The van der Waals surface area contributed by atoms with Crippen molar-refractivity contribution in [3.63, 3.8) is 0 Å². The Morgan fingerprint density at radius 3 is 2.24 bits per heavy atom. The number of benzene rings is 2. The highest BCUT2D eigenvalue weighted by Gasteiger charge is 2.37. The fraction of sp³-hybridized carbons (Fsp3) is 0.250. The van der Waals surface area contributed by atoms with Gasteiger partial charge in [0.2, 0.25) is 15.5 Å². The number of nitrogens with zero attached hydrogens (tertiary/aromatic N) is 2. The lowest BCUT2D eigenvalue weighted by Crippen LogP contribution is -2.37. The number of aromatic amines is 1. The van der Waals surface area contributed by atoms with Gasteiger partial charge in [0.05, 0.1) is 20.6 Å². The van der Waals surface area contributed by atoms with Gasteiger partial charge in [0.25, 0.3) is 5.56 Å². The lowest BCUT2D eigenvalue weighted by atomic mass is 9.80. The lowest BCUT2D eigenvalue weighted by molar-refractivity contribution is -0.143. The van der Waals surface area contributed by atoms with Crippen LogP contribution in [0.2, 0.25) is 10.0 Å². The van der Waals surface area contributed by atoms with E-state index in [4.69, 9.17) is 23.2 Å². The van der Waals surface area contributed by atoms with Crippen molar-refractivity contribution < 1.29 is 26.7 Å². The molecule has 0 atom stereocenters. The third-order valence-electron chi connectivity index (χ3n) is 5.45. The molecule has 0 saturated heterocycles. The van der Waals surface area contributed by atoms with Crippen LogP contribution in [0.1, 0.15) is 36.4 Å². The van der Waals surface area contributed by atoms with Crippen molar-refractivity contribution in [2.24, 2.45) is 0 Å². The van der Waals surface area contributed by atoms with E-state index in [1.165, 1.54) is 23.2 Å². The van der Waals surface area contributed by atoms with Crippen LogP contribution in [-0.4, -0.2) is 28.3 Å². The minimum absolute atomic E-state index is 0.0180. The first-order valence-corrected chi connectivity index (χ1v) is 11.9. The minimum atomic E-state index is -5.16. The van der Waals surface area contributed by atoms with Gasteiger partial charge in [-0.25, -0.2) is 13.2 Å². The zero-order valence-corrected chi connectivity index (χ0v) is 19.2. The van der Waals surface area contributed by atoms with Crippen molar-refractivity contribution in [1.82, 2.24) is 14.8 Å². The van der Waals surface area contributed by atoms with Crippen LogP contribution >= 0.6 is 23.2 Å². The van der Waals surface area contributed by atoms with Crippen molar-refractivity contribution in [3.8, 4) is 11.4 Å². The average Bonchev–Trinajstić information content (AvgIpc) is 2.66. The van der Waals surface area contributed by atoms with Crippen molar-refractivity contribution in [2.75, 3.05) is 0 Å². The summed E-state index contributed by atoms with van der Waals surface area (Å²) in [5.41, 5.74) is -4.87. The highest BCUT2D eigenvalue weighted by molar-refractivity contribution is 7.91. The van der Waals surface area contributed by atoms with Gasteiger partial charge in [0.1, 0.15) is 10.6 Å². The molecule has 1 saturated carbocycles. The van der Waals surface area contributed by atoms with Gasteiger partial charge in [-0.05, 0) is 54.7 Å². The van der Waals surface area contributed by atoms with Gasteiger partial charge >= 0.3 is 11.9 Å². The minimum Gasteiger partial charge on any atom is -0.508 e. The first kappa shape index (κ1) is 24.3. The molecule has 1 heterocycles. The first-order valence-electron chi connectivity index (χ1n) is 9.69. The van der Waals surface area contributed by atoms with Crippen molar-refractivity contribution in [1.29, 1.82) is 0 Å². The summed E-state index contributed by atoms with van der Waals surface area (Å²) in [6.07, 6.45) is -2.60. The molecule has 1 aliphatic carbocycles. The lowest BCUT2D eigenvalue weighted by Gasteiger charge is -2.26. The molecule has 0 unspecified atom stereocenters. The zero-order valence-electron chi connectivity index (χ0n) is 16.9. The first-order chi connectivity index (χ1) is 15.8. The van der Waals surface area contributed by atoms with E-state index in [0.29, 0.717) is 5.56 Å². The van der Waals surface area contributed by atoms with Crippen LogP contribution in [0.5, 0.6) is 5.75 Å². The van der Waals surface area contributed by atoms with Crippen LogP contribution in [0.4, 0.5) is 13.2 Å². The summed E-state index contributed by atoms with van der Waals surface area (Å²) in [6, 6.07) is 5.54. The number of rotatable bonds is 4. The van der Waals surface area contributed by atoms with Crippen molar-refractivity contribution in [2.45, 2.75) is 41.1 Å². The van der Waals surface area contributed by atoms with E-state index in [-0.39, 0.29) is 21.2 Å². The van der Waals surface area contributed by atoms with Gasteiger partial charge < -0.3 is 5.11 Å². The number of sulfone groups is 1. The molecule has 4 rings (SSSR count). The van der Waals surface area contributed by atoms with Gasteiger partial charge in [-0.3, -0.25) is 9.78 Å². The molecule has 2 N–H and O–H groups in total. The van der Waals surface area contributed by atoms with Gasteiger partial charge in [-0.15, -0.1) is 0 Å². The SMILES string of the molecule is O=c1[nH]c(=O)n(-c2cc(Cl)c(S(=O)(=O)c3ccc(O)c(C4CCC4)c3)c(Cl)c2)nc1C(F)(F)F. The molecule has 14 heteroatoms. The molecule has 180 valence electrons. The fourth-order valence-electron chi connectivity index (χ4n) is 3.55. The van der Waals surface area contributed by atoms with E-state index < -0.39 is 53.6 Å². The van der Waals surface area contributed by atoms with Gasteiger partial charge in [0.15, 0.2) is 0 Å². The molecule has 0 radical (unpaired) electrons. The summed E-state index contributed by atoms with van der Waals surface area (Å²) < 4.78 is 65.9. The van der Waals surface area contributed by atoms with E-state index in [9.17, 15) is 36.3 Å². The molecule has 0 bridgehead atoms. The Morgan fingerprint density at radius 1 is 1.09 bits per heavy atom. The number of aromatic hydroxyl groups is 1. The number of phenols is 1. The standard InChI is InChI=1S/C20H14Cl2F3N3O5S/c21-13-6-10(28-19(31)26-18(30)17(27-28)20(23,24)25)7-14(22)16(13)34(32,33)11-4-5-15(29)12(8-11)9-2-1-3-9/h4-9,29H,1-3H2,(H,26,30,31). The van der Waals surface area contributed by atoms with Crippen LogP contribution in [0.3, 0.4) is 0 Å². The van der Waals surface area contributed by atoms with E-state index in [2.05, 4.69) is 5.10 Å². The Bertz CT molecular complexity index is 1510. The molecule has 34 heavy (non-hydrogen) atoms. The van der Waals surface area contributed by atoms with Gasteiger partial charge in [-0.2, -0.15) is 23.0 Å². The Morgan fingerprint density at radius 2 is 1.71 bits per heavy atom. The Balaban J connectivity index is 1.83. The normalized spacial score (nSPS) is 14.7. The molecule has 2 aromatic carbocycles. The number of H-pyrrole nitrogens is 1. The predicted molar refractivity (Wildman–Crippen MR) is 116 cm³/mol. The monoisotopic (exact) mass is 535 g/mol. The molecule has 0 spiro atoms. The number of phenolic OH excluding ortho intramolecular Hbond substituents is 1.